The molecule has 3 rings (SSSR count). The molecule has 1 aromatic heterocycles. The number of pyridine rings is 1. The van der Waals surface area contributed by atoms with Crippen molar-refractivity contribution in [3.63, 3.8) is 0 Å². The van der Waals surface area contributed by atoms with Crippen molar-refractivity contribution in [3.8, 4) is 5.75 Å². The van der Waals surface area contributed by atoms with Crippen LogP contribution in [0.5, 0.6) is 5.75 Å². The molecule has 0 amide bonds. The summed E-state index contributed by atoms with van der Waals surface area (Å²) in [6.45, 7) is 0. The van der Waals surface area contributed by atoms with Gasteiger partial charge in [0.1, 0.15) is 5.75 Å². The Balaban J connectivity index is 1.81. The predicted octanol–water partition coefficient (Wildman–Crippen LogP) is 4.95. The van der Waals surface area contributed by atoms with Gasteiger partial charge in [-0.15, -0.1) is 13.2 Å². The van der Waals surface area contributed by atoms with E-state index in [0.29, 0.717) is 11.3 Å². The molecule has 29 heavy (non-hydrogen) atoms. The summed E-state index contributed by atoms with van der Waals surface area (Å²) in [5.74, 6) is -0.503. The molecule has 0 aliphatic rings. The normalized spacial score (nSPS) is 12.1. The first-order valence-electron chi connectivity index (χ1n) is 8.29. The summed E-state index contributed by atoms with van der Waals surface area (Å²) in [5, 5.41) is 0. The van der Waals surface area contributed by atoms with E-state index < -0.39 is 22.1 Å². The first-order chi connectivity index (χ1) is 13.7. The van der Waals surface area contributed by atoms with E-state index >= 15 is 0 Å². The van der Waals surface area contributed by atoms with Crippen LogP contribution in [0.1, 0.15) is 11.1 Å². The van der Waals surface area contributed by atoms with E-state index in [2.05, 4.69) is 14.4 Å². The molecular formula is C20H15F3N2O3S. The summed E-state index contributed by atoms with van der Waals surface area (Å²) in [7, 11) is -4.01. The van der Waals surface area contributed by atoms with Crippen molar-refractivity contribution in [2.24, 2.45) is 0 Å². The van der Waals surface area contributed by atoms with Gasteiger partial charge in [0, 0.05) is 12.4 Å². The van der Waals surface area contributed by atoms with Crippen LogP contribution in [0.4, 0.5) is 18.9 Å². The number of halogens is 3. The third-order valence-corrected chi connectivity index (χ3v) is 5.12. The van der Waals surface area contributed by atoms with Crippen molar-refractivity contribution in [1.82, 2.24) is 4.98 Å². The quantitative estimate of drug-likeness (QED) is 0.613. The maximum absolute atomic E-state index is 12.6. The van der Waals surface area contributed by atoms with Crippen LogP contribution in [0.3, 0.4) is 0 Å². The lowest BCUT2D eigenvalue weighted by Crippen LogP contribution is -2.17. The third kappa shape index (κ3) is 5.82. The van der Waals surface area contributed by atoms with E-state index in [0.717, 1.165) is 29.8 Å². The van der Waals surface area contributed by atoms with Gasteiger partial charge in [-0.25, -0.2) is 8.42 Å². The number of anilines is 1. The standard InChI is InChI=1S/C20H15F3N2O3S/c21-20(22,23)28-17-7-9-18(10-8-17)29(26,27)25-19-4-2-1-3-16(19)6-5-15-11-13-24-14-12-15/h1-14,25H/b6-5+. The molecule has 0 spiro atoms. The number of aromatic nitrogens is 1. The SMILES string of the molecule is O=S(=O)(Nc1ccccc1/C=C/c1ccncc1)c1ccc(OC(F)(F)F)cc1. The average Bonchev–Trinajstić information content (AvgIpc) is 2.67. The van der Waals surface area contributed by atoms with E-state index in [-0.39, 0.29) is 4.90 Å². The van der Waals surface area contributed by atoms with Crippen molar-refractivity contribution in [2.75, 3.05) is 4.72 Å². The fourth-order valence-corrected chi connectivity index (χ4v) is 3.51. The van der Waals surface area contributed by atoms with Crippen molar-refractivity contribution >= 4 is 27.9 Å². The second kappa shape index (κ2) is 8.36. The number of rotatable bonds is 6. The summed E-state index contributed by atoms with van der Waals surface area (Å²) in [4.78, 5) is 3.73. The molecule has 3 aromatic rings. The molecule has 0 bridgehead atoms. The Morgan fingerprint density at radius 2 is 1.55 bits per heavy atom. The van der Waals surface area contributed by atoms with E-state index in [1.807, 2.05) is 0 Å². The van der Waals surface area contributed by atoms with Crippen LogP contribution in [-0.2, 0) is 10.0 Å². The van der Waals surface area contributed by atoms with E-state index in [1.54, 1.807) is 60.9 Å². The van der Waals surface area contributed by atoms with Crippen molar-refractivity contribution < 1.29 is 26.3 Å². The topological polar surface area (TPSA) is 68.3 Å². The Bertz CT molecular complexity index is 1100. The Labute approximate surface area is 165 Å². The summed E-state index contributed by atoms with van der Waals surface area (Å²) in [5.41, 5.74) is 1.83. The van der Waals surface area contributed by atoms with Crippen molar-refractivity contribution in [1.29, 1.82) is 0 Å². The van der Waals surface area contributed by atoms with Gasteiger partial charge in [-0.05, 0) is 53.6 Å². The molecule has 1 N–H and O–H groups in total. The maximum atomic E-state index is 12.6. The van der Waals surface area contributed by atoms with E-state index in [9.17, 15) is 21.6 Å². The number of nitrogens with one attached hydrogen (secondary N) is 1. The summed E-state index contributed by atoms with van der Waals surface area (Å²) < 4.78 is 68.2. The molecule has 0 fully saturated rings. The third-order valence-electron chi connectivity index (χ3n) is 3.73. The van der Waals surface area contributed by atoms with Crippen LogP contribution in [0.15, 0.2) is 78.0 Å². The number of para-hydroxylation sites is 1. The number of hydrogen-bond acceptors (Lipinski definition) is 4. The lowest BCUT2D eigenvalue weighted by atomic mass is 10.1. The molecule has 0 aliphatic carbocycles. The van der Waals surface area contributed by atoms with Gasteiger partial charge in [-0.1, -0.05) is 30.4 Å². The highest BCUT2D eigenvalue weighted by Gasteiger charge is 2.31. The number of benzene rings is 2. The fraction of sp³-hybridized carbons (Fsp3) is 0.0500. The molecule has 0 unspecified atom stereocenters. The molecule has 0 radical (unpaired) electrons. The molecule has 0 atom stereocenters. The van der Waals surface area contributed by atoms with E-state index in [4.69, 9.17) is 0 Å². The molecule has 1 heterocycles. The highest BCUT2D eigenvalue weighted by Crippen LogP contribution is 2.26. The van der Waals surface area contributed by atoms with Gasteiger partial charge in [0.2, 0.25) is 0 Å². The highest BCUT2D eigenvalue weighted by molar-refractivity contribution is 7.92. The minimum Gasteiger partial charge on any atom is -0.406 e. The maximum Gasteiger partial charge on any atom is 0.573 e. The summed E-state index contributed by atoms with van der Waals surface area (Å²) in [6, 6.07) is 14.3. The second-order valence-corrected chi connectivity index (χ2v) is 7.51. The minimum atomic E-state index is -4.85. The van der Waals surface area contributed by atoms with E-state index in [1.165, 1.54) is 0 Å². The number of hydrogen-bond donors (Lipinski definition) is 1. The average molecular weight is 420 g/mol. The molecule has 150 valence electrons. The molecule has 0 saturated heterocycles. The number of nitrogens with zero attached hydrogens (tertiary/aromatic N) is 1. The highest BCUT2D eigenvalue weighted by atomic mass is 32.2. The van der Waals surface area contributed by atoms with Crippen molar-refractivity contribution in [3.05, 3.63) is 84.2 Å². The summed E-state index contributed by atoms with van der Waals surface area (Å²) in [6.07, 6.45) is 1.98. The largest absolute Gasteiger partial charge is 0.573 e. The lowest BCUT2D eigenvalue weighted by Gasteiger charge is -2.12. The van der Waals surface area contributed by atoms with Gasteiger partial charge in [-0.2, -0.15) is 0 Å². The lowest BCUT2D eigenvalue weighted by molar-refractivity contribution is -0.274. The minimum absolute atomic E-state index is 0.194. The zero-order valence-electron chi connectivity index (χ0n) is 14.8. The molecular weight excluding hydrogens is 405 g/mol. The molecule has 5 nitrogen and oxygen atoms in total. The summed E-state index contributed by atoms with van der Waals surface area (Å²) >= 11 is 0. The molecule has 0 aliphatic heterocycles. The zero-order chi connectivity index (χ0) is 20.9. The van der Waals surface area contributed by atoms with Gasteiger partial charge < -0.3 is 4.74 Å². The fourth-order valence-electron chi connectivity index (χ4n) is 2.42. The van der Waals surface area contributed by atoms with Crippen LogP contribution >= 0.6 is 0 Å². The first kappa shape index (κ1) is 20.4. The van der Waals surface area contributed by atoms with Gasteiger partial charge in [0.15, 0.2) is 0 Å². The molecule has 2 aromatic carbocycles. The van der Waals surface area contributed by atoms with Crippen molar-refractivity contribution in [2.45, 2.75) is 11.3 Å². The van der Waals surface area contributed by atoms with Gasteiger partial charge in [0.05, 0.1) is 10.6 Å². The monoisotopic (exact) mass is 420 g/mol. The number of sulfonamides is 1. The zero-order valence-corrected chi connectivity index (χ0v) is 15.6. The number of alkyl halides is 3. The second-order valence-electron chi connectivity index (χ2n) is 5.83. The predicted molar refractivity (Wildman–Crippen MR) is 104 cm³/mol. The van der Waals surface area contributed by atoms with Crippen LogP contribution in [0, 0.1) is 0 Å². The van der Waals surface area contributed by atoms with Crippen LogP contribution in [-0.4, -0.2) is 19.8 Å². The van der Waals surface area contributed by atoms with Crippen LogP contribution in [0.2, 0.25) is 0 Å². The molecule has 0 saturated carbocycles. The Morgan fingerprint density at radius 3 is 2.21 bits per heavy atom. The molecule has 9 heteroatoms. The number of ether oxygens (including phenoxy) is 1. The Kier molecular flexibility index (Phi) is 5.88. The Morgan fingerprint density at radius 1 is 0.897 bits per heavy atom. The van der Waals surface area contributed by atoms with Gasteiger partial charge in [-0.3, -0.25) is 9.71 Å². The van der Waals surface area contributed by atoms with Crippen LogP contribution < -0.4 is 9.46 Å². The van der Waals surface area contributed by atoms with Gasteiger partial charge >= 0.3 is 6.36 Å². The Hall–Kier alpha value is -3.33. The van der Waals surface area contributed by atoms with Gasteiger partial charge in [0.25, 0.3) is 10.0 Å². The smallest absolute Gasteiger partial charge is 0.406 e. The van der Waals surface area contributed by atoms with Crippen LogP contribution in [0.25, 0.3) is 12.2 Å². The first-order valence-corrected chi connectivity index (χ1v) is 9.77.